The summed E-state index contributed by atoms with van der Waals surface area (Å²) in [6.45, 7) is 2.75. The van der Waals surface area contributed by atoms with Crippen LogP contribution in [0.15, 0.2) is 48.8 Å². The Labute approximate surface area is 181 Å². The molecule has 0 unspecified atom stereocenters. The molecule has 6 nitrogen and oxygen atoms in total. The van der Waals surface area contributed by atoms with E-state index in [-0.39, 0.29) is 17.9 Å². The lowest BCUT2D eigenvalue weighted by molar-refractivity contribution is -0.124. The average Bonchev–Trinajstić information content (AvgIpc) is 3.21. The summed E-state index contributed by atoms with van der Waals surface area (Å²) in [5, 5.41) is 3.85. The number of aryl methyl sites for hydroxylation is 1. The van der Waals surface area contributed by atoms with E-state index in [4.69, 9.17) is 4.98 Å². The van der Waals surface area contributed by atoms with Crippen molar-refractivity contribution in [3.63, 3.8) is 0 Å². The zero-order valence-electron chi connectivity index (χ0n) is 17.8. The first kappa shape index (κ1) is 19.7. The highest BCUT2D eigenvalue weighted by Gasteiger charge is 2.41. The maximum Gasteiger partial charge on any atom is 0.254 e. The van der Waals surface area contributed by atoms with Crippen LogP contribution >= 0.6 is 0 Å². The number of benzene rings is 1. The molecule has 1 aliphatic heterocycles. The second-order valence-electron chi connectivity index (χ2n) is 8.89. The predicted molar refractivity (Wildman–Crippen MR) is 119 cm³/mol. The van der Waals surface area contributed by atoms with Crippen molar-refractivity contribution >= 4 is 22.7 Å². The quantitative estimate of drug-likeness (QED) is 0.711. The van der Waals surface area contributed by atoms with Crippen LogP contribution in [0.1, 0.15) is 35.2 Å². The summed E-state index contributed by atoms with van der Waals surface area (Å²) in [5.41, 5.74) is 4.20. The number of piperidine rings is 1. The fourth-order valence-electron chi connectivity index (χ4n) is 5.09. The summed E-state index contributed by atoms with van der Waals surface area (Å²) < 4.78 is 0. The number of amides is 2. The highest BCUT2D eigenvalue weighted by Crippen LogP contribution is 2.39. The molecule has 1 N–H and O–H groups in total. The van der Waals surface area contributed by atoms with Crippen molar-refractivity contribution in [2.75, 3.05) is 13.6 Å². The molecule has 3 atom stereocenters. The molecule has 2 amide bonds. The average molecular weight is 415 g/mol. The third kappa shape index (κ3) is 3.67. The molecule has 1 aromatic carbocycles. The Morgan fingerprint density at radius 2 is 2.00 bits per heavy atom. The molecular weight excluding hydrogens is 388 g/mol. The van der Waals surface area contributed by atoms with Crippen LogP contribution in [0.5, 0.6) is 0 Å². The van der Waals surface area contributed by atoms with Gasteiger partial charge in [0.15, 0.2) is 0 Å². The first-order chi connectivity index (χ1) is 15.0. The lowest BCUT2D eigenvalue weighted by Crippen LogP contribution is -2.38. The third-order valence-electron chi connectivity index (χ3n) is 6.85. The van der Waals surface area contributed by atoms with Crippen LogP contribution in [0.25, 0.3) is 22.2 Å². The molecule has 2 fully saturated rings. The highest BCUT2D eigenvalue weighted by molar-refractivity contribution is 6.07. The number of hydrogen-bond acceptors (Lipinski definition) is 4. The Morgan fingerprint density at radius 1 is 1.16 bits per heavy atom. The predicted octanol–water partition coefficient (Wildman–Crippen LogP) is 3.59. The number of aromatic nitrogens is 2. The molecule has 31 heavy (non-hydrogen) atoms. The summed E-state index contributed by atoms with van der Waals surface area (Å²) >= 11 is 0. The van der Waals surface area contributed by atoms with Gasteiger partial charge in [0.05, 0.1) is 16.8 Å². The van der Waals surface area contributed by atoms with Crippen LogP contribution < -0.4 is 5.32 Å². The van der Waals surface area contributed by atoms with E-state index in [0.29, 0.717) is 23.8 Å². The van der Waals surface area contributed by atoms with Crippen molar-refractivity contribution < 1.29 is 9.59 Å². The maximum absolute atomic E-state index is 13.7. The number of carbonyl (C=O) groups excluding carboxylic acids is 2. The zero-order chi connectivity index (χ0) is 21.5. The van der Waals surface area contributed by atoms with Crippen molar-refractivity contribution in [3.8, 4) is 11.3 Å². The molecule has 2 aromatic heterocycles. The molecule has 2 aliphatic rings. The van der Waals surface area contributed by atoms with Gasteiger partial charge in [-0.1, -0.05) is 11.6 Å². The van der Waals surface area contributed by atoms with E-state index in [1.54, 1.807) is 12.4 Å². The molecular formula is C25H26N4O2. The van der Waals surface area contributed by atoms with E-state index in [2.05, 4.69) is 10.3 Å². The Balaban J connectivity index is 1.51. The van der Waals surface area contributed by atoms with E-state index < -0.39 is 0 Å². The van der Waals surface area contributed by atoms with Crippen LogP contribution in [0.4, 0.5) is 0 Å². The van der Waals surface area contributed by atoms with Crippen molar-refractivity contribution in [3.05, 3.63) is 59.9 Å². The van der Waals surface area contributed by atoms with Gasteiger partial charge in [-0.15, -0.1) is 0 Å². The van der Waals surface area contributed by atoms with Crippen LogP contribution in [0.2, 0.25) is 0 Å². The fraction of sp³-hybridized carbons (Fsp3) is 0.360. The monoisotopic (exact) mass is 414 g/mol. The molecule has 1 saturated carbocycles. The molecule has 1 aliphatic carbocycles. The molecule has 1 saturated heterocycles. The topological polar surface area (TPSA) is 75.2 Å². The number of fused-ring (bicyclic) bond motifs is 2. The van der Waals surface area contributed by atoms with Gasteiger partial charge in [-0.3, -0.25) is 14.6 Å². The van der Waals surface area contributed by atoms with Gasteiger partial charge < -0.3 is 10.2 Å². The van der Waals surface area contributed by atoms with E-state index in [1.165, 1.54) is 0 Å². The molecule has 3 aromatic rings. The summed E-state index contributed by atoms with van der Waals surface area (Å²) in [5.74, 6) is 0.968. The number of pyridine rings is 2. The van der Waals surface area contributed by atoms with Gasteiger partial charge in [-0.2, -0.15) is 0 Å². The number of nitrogens with zero attached hydrogens (tertiary/aromatic N) is 3. The summed E-state index contributed by atoms with van der Waals surface area (Å²) in [6, 6.07) is 11.9. The smallest absolute Gasteiger partial charge is 0.254 e. The highest BCUT2D eigenvalue weighted by atomic mass is 16.2. The molecule has 5 rings (SSSR count). The van der Waals surface area contributed by atoms with Crippen LogP contribution in [0.3, 0.4) is 0 Å². The minimum absolute atomic E-state index is 0.00562. The molecule has 3 heterocycles. The van der Waals surface area contributed by atoms with E-state index in [1.807, 2.05) is 55.3 Å². The number of nitrogens with one attached hydrogen (secondary N) is 1. The minimum Gasteiger partial charge on any atom is -0.356 e. The van der Waals surface area contributed by atoms with Crippen LogP contribution in [0, 0.1) is 18.8 Å². The molecule has 0 radical (unpaired) electrons. The second kappa shape index (κ2) is 7.76. The minimum atomic E-state index is 0.00562. The fourth-order valence-corrected chi connectivity index (χ4v) is 5.09. The SMILES string of the molecule is Cc1ccc2nc(-c3cccnc3)cc(C(=O)N(C)[C@H]3C[C@H]4CNC(=O)C[C@H]4C3)c2c1. The third-order valence-corrected chi connectivity index (χ3v) is 6.85. The van der Waals surface area contributed by atoms with Gasteiger partial charge in [0.2, 0.25) is 5.91 Å². The molecule has 0 spiro atoms. The Bertz CT molecular complexity index is 1160. The van der Waals surface area contributed by atoms with Crippen LogP contribution in [-0.4, -0.2) is 46.3 Å². The molecule has 6 heteroatoms. The standard InChI is InChI=1S/C25H26N4O2/c1-15-5-6-22-20(8-15)21(12-23(28-22)16-4-3-7-26-13-16)25(31)29(2)19-9-17-11-24(30)27-14-18(17)10-19/h3-8,12-13,17-19H,9-11,14H2,1-2H3,(H,27,30)/t17-,18+,19-/m1/s1. The van der Waals surface area contributed by atoms with Crippen LogP contribution in [-0.2, 0) is 4.79 Å². The largest absolute Gasteiger partial charge is 0.356 e. The van der Waals surface area contributed by atoms with Crippen molar-refractivity contribution in [2.45, 2.75) is 32.2 Å². The number of carbonyl (C=O) groups is 2. The second-order valence-corrected chi connectivity index (χ2v) is 8.89. The lowest BCUT2D eigenvalue weighted by atomic mass is 9.89. The van der Waals surface area contributed by atoms with Gasteiger partial charge in [0.25, 0.3) is 5.91 Å². The lowest BCUT2D eigenvalue weighted by Gasteiger charge is -2.25. The van der Waals surface area contributed by atoms with Gasteiger partial charge in [-0.25, -0.2) is 4.98 Å². The van der Waals surface area contributed by atoms with Crippen molar-refractivity contribution in [1.82, 2.24) is 20.2 Å². The maximum atomic E-state index is 13.7. The van der Waals surface area contributed by atoms with Gasteiger partial charge in [0.1, 0.15) is 0 Å². The van der Waals surface area contributed by atoms with Gasteiger partial charge >= 0.3 is 0 Å². The zero-order valence-corrected chi connectivity index (χ0v) is 17.8. The Morgan fingerprint density at radius 3 is 2.81 bits per heavy atom. The van der Waals surface area contributed by atoms with E-state index in [9.17, 15) is 9.59 Å². The Hall–Kier alpha value is -3.28. The van der Waals surface area contributed by atoms with Crippen molar-refractivity contribution in [1.29, 1.82) is 0 Å². The summed E-state index contributed by atoms with van der Waals surface area (Å²) in [4.78, 5) is 36.4. The van der Waals surface area contributed by atoms with E-state index in [0.717, 1.165) is 47.1 Å². The van der Waals surface area contributed by atoms with Gasteiger partial charge in [0, 0.05) is 49.4 Å². The number of hydrogen-bond donors (Lipinski definition) is 1. The first-order valence-corrected chi connectivity index (χ1v) is 10.9. The summed E-state index contributed by atoms with van der Waals surface area (Å²) in [6.07, 6.45) is 5.90. The molecule has 0 bridgehead atoms. The normalized spacial score (nSPS) is 22.8. The van der Waals surface area contributed by atoms with E-state index >= 15 is 0 Å². The van der Waals surface area contributed by atoms with Gasteiger partial charge in [-0.05, 0) is 61.9 Å². The molecule has 158 valence electrons. The Kier molecular flexibility index (Phi) is 4.93. The number of rotatable bonds is 3. The first-order valence-electron chi connectivity index (χ1n) is 10.9. The summed E-state index contributed by atoms with van der Waals surface area (Å²) in [7, 11) is 1.89. The van der Waals surface area contributed by atoms with Crippen molar-refractivity contribution in [2.24, 2.45) is 11.8 Å².